The van der Waals surface area contributed by atoms with Gasteiger partial charge in [-0.25, -0.2) is 19.2 Å². The van der Waals surface area contributed by atoms with E-state index in [1.807, 2.05) is 18.2 Å². The van der Waals surface area contributed by atoms with Crippen molar-refractivity contribution in [3.8, 4) is 11.5 Å². The number of hydrogen-bond donors (Lipinski definition) is 3. The fourth-order valence-electron chi connectivity index (χ4n) is 3.05. The molecule has 0 spiro atoms. The van der Waals surface area contributed by atoms with Crippen molar-refractivity contribution in [2.75, 3.05) is 0 Å². The van der Waals surface area contributed by atoms with Crippen LogP contribution in [0.25, 0.3) is 22.6 Å². The first-order chi connectivity index (χ1) is 16.7. The van der Waals surface area contributed by atoms with Gasteiger partial charge < -0.3 is 14.7 Å². The van der Waals surface area contributed by atoms with Gasteiger partial charge in [-0.3, -0.25) is 19.5 Å². The molecule has 192 valence electrons. The van der Waals surface area contributed by atoms with Crippen LogP contribution in [-0.4, -0.2) is 64.7 Å². The summed E-state index contributed by atoms with van der Waals surface area (Å²) < 4.78 is 60.1. The lowest BCUT2D eigenvalue weighted by Gasteiger charge is -2.06. The number of fused-ring (bicyclic) bond motifs is 1. The number of nitrogens with zero attached hydrogens (tertiary/aromatic N) is 8. The number of nitrogens with one attached hydrogen (secondary N) is 1. The predicted molar refractivity (Wildman–Crippen MR) is 119 cm³/mol. The molecule has 0 aromatic carbocycles. The Morgan fingerprint density at radius 1 is 1.11 bits per heavy atom. The molecule has 0 amide bonds. The highest BCUT2D eigenvalue weighted by atomic mass is 32.3. The summed E-state index contributed by atoms with van der Waals surface area (Å²) in [5.74, 6) is 0.152. The fraction of sp³-hybridized carbons (Fsp3) is 0.188. The van der Waals surface area contributed by atoms with Crippen molar-refractivity contribution >= 4 is 37.6 Å². The van der Waals surface area contributed by atoms with E-state index < -0.39 is 25.7 Å². The Hall–Kier alpha value is -4.11. The van der Waals surface area contributed by atoms with Crippen LogP contribution in [0.1, 0.15) is 5.69 Å². The number of pyridine rings is 1. The summed E-state index contributed by atoms with van der Waals surface area (Å²) in [5.41, 5.74) is 1.84. The number of imidazole rings is 1. The molecule has 0 bridgehead atoms. The Kier molecular flexibility index (Phi) is 7.26. The van der Waals surface area contributed by atoms with E-state index in [0.717, 1.165) is 5.69 Å². The van der Waals surface area contributed by atoms with Gasteiger partial charge in [0.2, 0.25) is 5.82 Å². The summed E-state index contributed by atoms with van der Waals surface area (Å²) in [5, 5.41) is 24.6. The van der Waals surface area contributed by atoms with Gasteiger partial charge in [0.1, 0.15) is 11.7 Å². The van der Waals surface area contributed by atoms with Gasteiger partial charge in [0.25, 0.3) is 0 Å². The molecule has 0 atom stereocenters. The molecule has 0 saturated carbocycles. The molecular weight excluding hydrogens is 526 g/mol. The monoisotopic (exact) mass is 543 g/mol. The molecule has 4 aromatic rings. The van der Waals surface area contributed by atoms with Crippen molar-refractivity contribution < 1.29 is 34.5 Å². The smallest absolute Gasteiger partial charge is 0.358 e. The van der Waals surface area contributed by atoms with Gasteiger partial charge in [0.05, 0.1) is 31.0 Å². The summed E-state index contributed by atoms with van der Waals surface area (Å²) in [4.78, 5) is 23.4. The molecule has 0 aliphatic rings. The van der Waals surface area contributed by atoms with Gasteiger partial charge >= 0.3 is 26.6 Å². The van der Waals surface area contributed by atoms with Gasteiger partial charge in [0.15, 0.2) is 11.3 Å². The highest BCUT2D eigenvalue weighted by molar-refractivity contribution is 7.94. The van der Waals surface area contributed by atoms with Gasteiger partial charge in [-0.15, -0.1) is 3.63 Å². The van der Waals surface area contributed by atoms with E-state index in [9.17, 15) is 26.9 Å². The predicted octanol–water partition coefficient (Wildman–Crippen LogP) is -0.390. The standard InChI is InChI=1S/C16H15N9O2.H2O7S2/c1-22-11(25(26)27)7-19-16(22)13-12-14(17)24(8-10-5-3-4-6-18-10)9-20-15(12)23(2)21-13;1-8(2,3)7-9(4,5)6/h3-7,9,17H,8H2,1-2H3;(H,1,2,3)(H,4,5,6). The maximum absolute atomic E-state index is 11.1. The maximum Gasteiger partial charge on any atom is 0.413 e. The second-order valence-electron chi connectivity index (χ2n) is 6.89. The molecule has 0 aliphatic heterocycles. The van der Waals surface area contributed by atoms with Crippen LogP contribution < -0.4 is 5.49 Å². The van der Waals surface area contributed by atoms with Crippen molar-refractivity contribution in [2.24, 2.45) is 14.1 Å². The Morgan fingerprint density at radius 2 is 1.78 bits per heavy atom. The molecule has 3 N–H and O–H groups in total. The molecule has 0 aliphatic carbocycles. The normalized spacial score (nSPS) is 11.8. The van der Waals surface area contributed by atoms with Crippen LogP contribution in [-0.2, 0) is 45.1 Å². The first-order valence-corrected chi connectivity index (χ1v) is 12.1. The van der Waals surface area contributed by atoms with Crippen LogP contribution in [0, 0.1) is 15.5 Å². The fourth-order valence-corrected chi connectivity index (χ4v) is 3.92. The number of aryl methyl sites for hydroxylation is 1. The molecule has 0 radical (unpaired) electrons. The van der Waals surface area contributed by atoms with E-state index in [1.54, 1.807) is 31.2 Å². The quantitative estimate of drug-likeness (QED) is 0.159. The summed E-state index contributed by atoms with van der Waals surface area (Å²) in [6, 6.07) is 5.56. The van der Waals surface area contributed by atoms with Crippen molar-refractivity contribution in [3.63, 3.8) is 0 Å². The zero-order valence-corrected chi connectivity index (χ0v) is 20.0. The largest absolute Gasteiger partial charge is 0.413 e. The first kappa shape index (κ1) is 26.5. The Balaban J connectivity index is 0.000000345. The molecule has 4 aromatic heterocycles. The molecule has 4 rings (SSSR count). The average molecular weight is 544 g/mol. The minimum Gasteiger partial charge on any atom is -0.358 e. The lowest BCUT2D eigenvalue weighted by atomic mass is 10.2. The van der Waals surface area contributed by atoms with Crippen LogP contribution in [0.2, 0.25) is 0 Å². The van der Waals surface area contributed by atoms with E-state index in [1.165, 1.54) is 15.4 Å². The topological polar surface area (TPSA) is 251 Å². The minimum atomic E-state index is -5.12. The van der Waals surface area contributed by atoms with Gasteiger partial charge in [0, 0.05) is 13.2 Å². The molecule has 36 heavy (non-hydrogen) atoms. The molecule has 0 saturated heterocycles. The van der Waals surface area contributed by atoms with Crippen molar-refractivity contribution in [1.82, 2.24) is 33.9 Å². The summed E-state index contributed by atoms with van der Waals surface area (Å²) in [6.45, 7) is 0.373. The molecular formula is C16H17N9O9S2. The van der Waals surface area contributed by atoms with E-state index in [4.69, 9.17) is 14.5 Å². The molecule has 4 heterocycles. The zero-order valence-electron chi connectivity index (χ0n) is 18.3. The Labute approximate surface area is 202 Å². The van der Waals surface area contributed by atoms with E-state index in [0.29, 0.717) is 29.1 Å². The highest BCUT2D eigenvalue weighted by Crippen LogP contribution is 2.25. The first-order valence-electron chi connectivity index (χ1n) is 9.37. The van der Waals surface area contributed by atoms with Gasteiger partial charge in [-0.1, -0.05) is 6.07 Å². The molecule has 20 heteroatoms. The van der Waals surface area contributed by atoms with Crippen molar-refractivity contribution in [3.05, 3.63) is 58.2 Å². The second kappa shape index (κ2) is 9.87. The van der Waals surface area contributed by atoms with Gasteiger partial charge in [-0.2, -0.15) is 21.9 Å². The van der Waals surface area contributed by atoms with Crippen LogP contribution in [0.3, 0.4) is 0 Å². The minimum absolute atomic E-state index is 0.152. The third kappa shape index (κ3) is 6.11. The maximum atomic E-state index is 11.1. The number of hydrogen-bond acceptors (Lipinski definition) is 12. The van der Waals surface area contributed by atoms with E-state index in [2.05, 4.69) is 23.7 Å². The summed E-state index contributed by atoms with van der Waals surface area (Å²) in [7, 11) is -6.99. The van der Waals surface area contributed by atoms with Crippen LogP contribution in [0.4, 0.5) is 5.82 Å². The zero-order chi connectivity index (χ0) is 26.8. The lowest BCUT2D eigenvalue weighted by molar-refractivity contribution is -0.391. The van der Waals surface area contributed by atoms with Gasteiger partial charge in [-0.05, 0) is 17.1 Å². The highest BCUT2D eigenvalue weighted by Gasteiger charge is 2.25. The number of aromatic nitrogens is 7. The number of nitro groups is 1. The third-order valence-corrected chi connectivity index (χ3v) is 5.83. The molecule has 18 nitrogen and oxygen atoms in total. The summed E-state index contributed by atoms with van der Waals surface area (Å²) >= 11 is 0. The van der Waals surface area contributed by atoms with E-state index in [-0.39, 0.29) is 11.3 Å². The Morgan fingerprint density at radius 3 is 2.28 bits per heavy atom. The lowest BCUT2D eigenvalue weighted by Crippen LogP contribution is -2.22. The molecule has 0 fully saturated rings. The van der Waals surface area contributed by atoms with Crippen molar-refractivity contribution in [1.29, 1.82) is 5.41 Å². The SMILES string of the molecule is Cn1c([N+](=O)[O-])cnc1-c1nn(C)c2ncn(Cc3ccccn3)c(=N)c12.O=S(=O)(O)OS(=O)(=O)O. The summed E-state index contributed by atoms with van der Waals surface area (Å²) in [6.07, 6.45) is 4.43. The second-order valence-corrected chi connectivity index (χ2v) is 9.15. The van der Waals surface area contributed by atoms with Crippen LogP contribution in [0.5, 0.6) is 0 Å². The van der Waals surface area contributed by atoms with Crippen molar-refractivity contribution in [2.45, 2.75) is 6.54 Å². The van der Waals surface area contributed by atoms with Crippen LogP contribution in [0.15, 0.2) is 36.9 Å². The average Bonchev–Trinajstić information content (AvgIpc) is 3.29. The third-order valence-electron chi connectivity index (χ3n) is 4.45. The number of rotatable bonds is 6. The Bertz CT molecular complexity index is 1680. The van der Waals surface area contributed by atoms with Crippen LogP contribution >= 0.6 is 0 Å². The molecule has 0 unspecified atom stereocenters. The van der Waals surface area contributed by atoms with E-state index >= 15 is 0 Å².